The molecule has 0 aromatic carbocycles. The van der Waals surface area contributed by atoms with Crippen LogP contribution in [0.3, 0.4) is 0 Å². The molecule has 0 saturated carbocycles. The van der Waals surface area contributed by atoms with Crippen molar-refractivity contribution in [1.29, 1.82) is 0 Å². The minimum atomic E-state index is -6.00. The molecule has 2 heterocycles. The number of hydrogen-bond acceptors (Lipinski definition) is 3. The van der Waals surface area contributed by atoms with E-state index in [9.17, 15) is 17.3 Å². The summed E-state index contributed by atoms with van der Waals surface area (Å²) in [7, 11) is -6.00. The van der Waals surface area contributed by atoms with Crippen LogP contribution >= 0.6 is 46.2 Å². The van der Waals surface area contributed by atoms with Crippen molar-refractivity contribution in [2.45, 2.75) is 4.58 Å². The molecule has 0 bridgehead atoms. The van der Waals surface area contributed by atoms with E-state index in [0.717, 1.165) is 0 Å². The van der Waals surface area contributed by atoms with Crippen LogP contribution in [0, 0.1) is 0 Å². The highest BCUT2D eigenvalue weighted by atomic mass is 32.2. The Bertz CT molecular complexity index is 295. The van der Waals surface area contributed by atoms with Gasteiger partial charge < -0.3 is 17.3 Å². The molecule has 9 heteroatoms. The van der Waals surface area contributed by atoms with Crippen LogP contribution in [0.4, 0.5) is 17.3 Å². The molecular formula is C6H5BF4S4. The largest absolute Gasteiger partial charge is 0.673 e. The topological polar surface area (TPSA) is 0 Å². The average Bonchev–Trinajstić information content (AvgIpc) is 2.73. The third-order valence-corrected chi connectivity index (χ3v) is 6.29. The number of halogens is 4. The third-order valence-electron chi connectivity index (χ3n) is 1.08. The molecule has 0 amide bonds. The number of rotatable bonds is 1. The van der Waals surface area contributed by atoms with E-state index in [1.165, 1.54) is 4.19 Å². The van der Waals surface area contributed by atoms with Crippen molar-refractivity contribution in [1.82, 2.24) is 0 Å². The van der Waals surface area contributed by atoms with E-state index in [1.807, 2.05) is 46.2 Å². The quantitative estimate of drug-likeness (QED) is 0.389. The van der Waals surface area contributed by atoms with E-state index in [-0.39, 0.29) is 0 Å². The third kappa shape index (κ3) is 6.44. The van der Waals surface area contributed by atoms with Crippen molar-refractivity contribution in [2.24, 2.45) is 0 Å². The van der Waals surface area contributed by atoms with Gasteiger partial charge in [-0.15, -0.1) is 23.5 Å². The van der Waals surface area contributed by atoms with Crippen LogP contribution < -0.4 is 0 Å². The summed E-state index contributed by atoms with van der Waals surface area (Å²) in [4.78, 5) is 0. The van der Waals surface area contributed by atoms with Crippen LogP contribution in [0.15, 0.2) is 21.6 Å². The van der Waals surface area contributed by atoms with Gasteiger partial charge in [0, 0.05) is 0 Å². The fourth-order valence-corrected chi connectivity index (χ4v) is 5.16. The Balaban J connectivity index is 0.000000195. The maximum absolute atomic E-state index is 9.75. The SMILES string of the molecule is C1=CSC(c2scc[s+]2)S1.F[B-](F)(F)F. The minimum Gasteiger partial charge on any atom is -0.418 e. The van der Waals surface area contributed by atoms with E-state index in [0.29, 0.717) is 4.58 Å². The molecular weight excluding hydrogens is 287 g/mol. The summed E-state index contributed by atoms with van der Waals surface area (Å²) in [5.74, 6) is 0. The first-order chi connectivity index (χ1) is 6.97. The van der Waals surface area contributed by atoms with Crippen LogP contribution in [0.1, 0.15) is 8.77 Å². The van der Waals surface area contributed by atoms with Gasteiger partial charge in [0.15, 0.2) is 0 Å². The fraction of sp³-hybridized carbons (Fsp3) is 0.167. The minimum absolute atomic E-state index is 0.657. The molecule has 1 aromatic rings. The Morgan fingerprint density at radius 3 is 2.07 bits per heavy atom. The second-order valence-electron chi connectivity index (χ2n) is 2.20. The van der Waals surface area contributed by atoms with Gasteiger partial charge in [0.05, 0.1) is 22.7 Å². The molecule has 0 saturated heterocycles. The monoisotopic (exact) mass is 292 g/mol. The molecule has 0 N–H and O–H groups in total. The van der Waals surface area contributed by atoms with Crippen LogP contribution in [0.2, 0.25) is 0 Å². The Morgan fingerprint density at radius 2 is 1.67 bits per heavy atom. The lowest BCUT2D eigenvalue weighted by Gasteiger charge is -1.94. The predicted octanol–water partition coefficient (Wildman–Crippen LogP) is 5.34. The molecule has 0 atom stereocenters. The van der Waals surface area contributed by atoms with Gasteiger partial charge in [-0.2, -0.15) is 0 Å². The number of hydrogen-bond donors (Lipinski definition) is 0. The van der Waals surface area contributed by atoms with Crippen LogP contribution in [0.5, 0.6) is 0 Å². The van der Waals surface area contributed by atoms with Gasteiger partial charge in [0.1, 0.15) is 15.3 Å². The second kappa shape index (κ2) is 6.12. The zero-order valence-corrected chi connectivity index (χ0v) is 10.4. The van der Waals surface area contributed by atoms with E-state index in [1.54, 1.807) is 0 Å². The highest BCUT2D eigenvalue weighted by molar-refractivity contribution is 8.22. The van der Waals surface area contributed by atoms with E-state index < -0.39 is 7.25 Å². The molecule has 0 unspecified atom stereocenters. The molecule has 15 heavy (non-hydrogen) atoms. The van der Waals surface area contributed by atoms with Crippen LogP contribution in [-0.4, -0.2) is 7.25 Å². The van der Waals surface area contributed by atoms with E-state index in [4.69, 9.17) is 0 Å². The molecule has 0 spiro atoms. The first-order valence-corrected chi connectivity index (χ1v) is 7.30. The van der Waals surface area contributed by atoms with Gasteiger partial charge in [0.2, 0.25) is 0 Å². The van der Waals surface area contributed by atoms with Crippen LogP contribution in [-0.2, 0) is 0 Å². The van der Waals surface area contributed by atoms with Crippen molar-refractivity contribution < 1.29 is 17.3 Å². The zero-order valence-electron chi connectivity index (χ0n) is 7.11. The highest BCUT2D eigenvalue weighted by Crippen LogP contribution is 2.49. The van der Waals surface area contributed by atoms with Crippen molar-refractivity contribution in [3.05, 3.63) is 25.8 Å². The van der Waals surface area contributed by atoms with Gasteiger partial charge in [-0.05, 0) is 10.8 Å². The Kier molecular flexibility index (Phi) is 5.44. The molecule has 0 nitrogen and oxygen atoms in total. The lowest BCUT2D eigenvalue weighted by atomic mass is 10.3. The summed E-state index contributed by atoms with van der Waals surface area (Å²) in [6.45, 7) is 0. The Hall–Kier alpha value is 0.275. The molecule has 0 radical (unpaired) electrons. The summed E-state index contributed by atoms with van der Waals surface area (Å²) in [5.41, 5.74) is 0. The summed E-state index contributed by atoms with van der Waals surface area (Å²) in [6.07, 6.45) is 0. The summed E-state index contributed by atoms with van der Waals surface area (Å²) >= 11 is 7.52. The standard InChI is InChI=1S/C6H5S4.BF4/c1-2-8-5(7-1)6-9-3-4-10-6;2-1(3,4)5/h1-5H;/q+1;-1. The van der Waals surface area contributed by atoms with Crippen LogP contribution in [0.25, 0.3) is 0 Å². The Morgan fingerprint density at radius 1 is 1.13 bits per heavy atom. The van der Waals surface area contributed by atoms with Gasteiger partial charge in [-0.3, -0.25) is 0 Å². The second-order valence-corrected chi connectivity index (χ2v) is 6.68. The number of thioether (sulfide) groups is 2. The van der Waals surface area contributed by atoms with Gasteiger partial charge >= 0.3 is 7.25 Å². The zero-order chi connectivity index (χ0) is 11.3. The van der Waals surface area contributed by atoms with E-state index >= 15 is 0 Å². The molecule has 84 valence electrons. The maximum atomic E-state index is 9.75. The van der Waals surface area contributed by atoms with Crippen molar-refractivity contribution >= 4 is 53.5 Å². The average molecular weight is 292 g/mol. The molecule has 1 aliphatic heterocycles. The molecule has 0 aliphatic carbocycles. The Labute approximate surface area is 101 Å². The predicted molar refractivity (Wildman–Crippen MR) is 63.9 cm³/mol. The summed E-state index contributed by atoms with van der Waals surface area (Å²) in [5, 5.41) is 8.64. The molecule has 2 rings (SSSR count). The first kappa shape index (κ1) is 13.3. The maximum Gasteiger partial charge on any atom is 0.673 e. The van der Waals surface area contributed by atoms with Crippen molar-refractivity contribution in [3.8, 4) is 0 Å². The highest BCUT2D eigenvalue weighted by Gasteiger charge is 2.23. The smallest absolute Gasteiger partial charge is 0.418 e. The molecule has 1 aliphatic rings. The normalized spacial score (nSPS) is 16.3. The fourth-order valence-electron chi connectivity index (χ4n) is 0.679. The molecule has 1 aromatic heterocycles. The lowest BCUT2D eigenvalue weighted by molar-refractivity contribution is 0.368. The van der Waals surface area contributed by atoms with Crippen molar-refractivity contribution in [3.63, 3.8) is 0 Å². The molecule has 0 fully saturated rings. The lowest BCUT2D eigenvalue weighted by Crippen LogP contribution is -2.02. The van der Waals surface area contributed by atoms with E-state index in [2.05, 4.69) is 21.6 Å². The first-order valence-electron chi connectivity index (χ1n) is 3.65. The van der Waals surface area contributed by atoms with Gasteiger partial charge in [-0.25, -0.2) is 0 Å². The van der Waals surface area contributed by atoms with Gasteiger partial charge in [0.25, 0.3) is 4.19 Å². The summed E-state index contributed by atoms with van der Waals surface area (Å²) < 4.78 is 41.2. The summed E-state index contributed by atoms with van der Waals surface area (Å²) in [6, 6.07) is 0. The van der Waals surface area contributed by atoms with Gasteiger partial charge in [-0.1, -0.05) is 0 Å². The van der Waals surface area contributed by atoms with Crippen molar-refractivity contribution in [2.75, 3.05) is 0 Å².